The van der Waals surface area contributed by atoms with Gasteiger partial charge >= 0.3 is 12.1 Å². The van der Waals surface area contributed by atoms with Crippen molar-refractivity contribution in [3.8, 4) is 0 Å². The van der Waals surface area contributed by atoms with E-state index in [0.29, 0.717) is 6.54 Å². The summed E-state index contributed by atoms with van der Waals surface area (Å²) in [7, 11) is 0. The molecule has 122 valence electrons. The van der Waals surface area contributed by atoms with Gasteiger partial charge in [-0.25, -0.2) is 0 Å². The average Bonchev–Trinajstić information content (AvgIpc) is 2.46. The number of nitrogens with one attached hydrogen (secondary N) is 2. The number of halogens is 3. The van der Waals surface area contributed by atoms with E-state index in [9.17, 15) is 22.8 Å². The third kappa shape index (κ3) is 5.38. The highest BCUT2D eigenvalue weighted by atomic mass is 19.4. The maximum Gasteiger partial charge on any atom is 0.471 e. The predicted octanol–water partition coefficient (Wildman–Crippen LogP) is 3.24. The fourth-order valence-electron chi connectivity index (χ4n) is 1.90. The lowest BCUT2D eigenvalue weighted by atomic mass is 10.0. The Morgan fingerprint density at radius 3 is 2.09 bits per heavy atom. The van der Waals surface area contributed by atoms with Crippen molar-refractivity contribution in [2.45, 2.75) is 39.4 Å². The molecule has 0 aliphatic rings. The van der Waals surface area contributed by atoms with E-state index in [4.69, 9.17) is 0 Å². The quantitative estimate of drug-likeness (QED) is 0.846. The molecule has 7 heteroatoms. The predicted molar refractivity (Wildman–Crippen MR) is 77.0 cm³/mol. The standard InChI is InChI=1S/C15H19F3N2O2/c1-3-11(4-2)13(21)19-9-10-5-7-12(8-6-10)20-14(22)15(16,17)18/h5-8,11H,3-4,9H2,1-2H3,(H,19,21)(H,20,22). The van der Waals surface area contributed by atoms with Crippen LogP contribution in [0.3, 0.4) is 0 Å². The highest BCUT2D eigenvalue weighted by molar-refractivity contribution is 5.94. The number of carbonyl (C=O) groups is 2. The molecule has 0 atom stereocenters. The Bertz CT molecular complexity index is 509. The van der Waals surface area contributed by atoms with Gasteiger partial charge in [0.2, 0.25) is 5.91 Å². The number of hydrogen-bond acceptors (Lipinski definition) is 2. The van der Waals surface area contributed by atoms with Gasteiger partial charge in [-0.15, -0.1) is 0 Å². The van der Waals surface area contributed by atoms with E-state index < -0.39 is 12.1 Å². The van der Waals surface area contributed by atoms with Gasteiger partial charge in [0, 0.05) is 18.2 Å². The Kier molecular flexibility index (Phi) is 6.39. The second-order valence-corrected chi connectivity index (χ2v) is 4.88. The van der Waals surface area contributed by atoms with Crippen molar-refractivity contribution in [2.24, 2.45) is 5.92 Å². The first-order valence-electron chi connectivity index (χ1n) is 7.02. The third-order valence-corrected chi connectivity index (χ3v) is 3.29. The van der Waals surface area contributed by atoms with Gasteiger partial charge in [0.05, 0.1) is 0 Å². The summed E-state index contributed by atoms with van der Waals surface area (Å²) in [5.41, 5.74) is 0.793. The molecule has 0 fully saturated rings. The topological polar surface area (TPSA) is 58.2 Å². The molecule has 0 aliphatic carbocycles. The zero-order valence-electron chi connectivity index (χ0n) is 12.5. The Hall–Kier alpha value is -2.05. The monoisotopic (exact) mass is 316 g/mol. The van der Waals surface area contributed by atoms with Crippen LogP contribution in [0.4, 0.5) is 18.9 Å². The Balaban J connectivity index is 2.55. The molecule has 0 aromatic heterocycles. The Labute approximate surface area is 127 Å². The first-order chi connectivity index (χ1) is 10.3. The summed E-state index contributed by atoms with van der Waals surface area (Å²) in [5, 5.41) is 4.54. The van der Waals surface area contributed by atoms with Crippen LogP contribution < -0.4 is 10.6 Å². The van der Waals surface area contributed by atoms with Crippen LogP contribution in [0.5, 0.6) is 0 Å². The Morgan fingerprint density at radius 2 is 1.64 bits per heavy atom. The molecule has 0 heterocycles. The summed E-state index contributed by atoms with van der Waals surface area (Å²) in [6.45, 7) is 4.17. The molecule has 2 N–H and O–H groups in total. The molecule has 1 rings (SSSR count). The smallest absolute Gasteiger partial charge is 0.352 e. The number of benzene rings is 1. The van der Waals surface area contributed by atoms with Gasteiger partial charge in [-0.1, -0.05) is 26.0 Å². The summed E-state index contributed by atoms with van der Waals surface area (Å²) >= 11 is 0. The van der Waals surface area contributed by atoms with E-state index in [1.165, 1.54) is 12.1 Å². The minimum absolute atomic E-state index is 0.0367. The zero-order chi connectivity index (χ0) is 16.8. The highest BCUT2D eigenvalue weighted by Crippen LogP contribution is 2.18. The van der Waals surface area contributed by atoms with Crippen LogP contribution in [0.1, 0.15) is 32.3 Å². The first kappa shape index (κ1) is 18.0. The minimum Gasteiger partial charge on any atom is -0.352 e. The van der Waals surface area contributed by atoms with Gasteiger partial charge in [-0.3, -0.25) is 9.59 Å². The van der Waals surface area contributed by atoms with E-state index in [0.717, 1.165) is 18.4 Å². The third-order valence-electron chi connectivity index (χ3n) is 3.29. The molecular weight excluding hydrogens is 297 g/mol. The largest absolute Gasteiger partial charge is 0.471 e. The van der Waals surface area contributed by atoms with Crippen LogP contribution in [0.25, 0.3) is 0 Å². The van der Waals surface area contributed by atoms with Gasteiger partial charge in [0.25, 0.3) is 0 Å². The molecule has 0 spiro atoms. The van der Waals surface area contributed by atoms with Crippen molar-refractivity contribution in [1.82, 2.24) is 5.32 Å². The molecule has 0 unspecified atom stereocenters. The van der Waals surface area contributed by atoms with E-state index in [1.807, 2.05) is 13.8 Å². The highest BCUT2D eigenvalue weighted by Gasteiger charge is 2.38. The molecular formula is C15H19F3N2O2. The van der Waals surface area contributed by atoms with Crippen LogP contribution >= 0.6 is 0 Å². The minimum atomic E-state index is -4.91. The van der Waals surface area contributed by atoms with E-state index >= 15 is 0 Å². The maximum atomic E-state index is 12.1. The van der Waals surface area contributed by atoms with E-state index in [1.54, 1.807) is 17.4 Å². The van der Waals surface area contributed by atoms with Crippen LogP contribution in [-0.2, 0) is 16.1 Å². The summed E-state index contributed by atoms with van der Waals surface area (Å²) in [4.78, 5) is 22.6. The first-order valence-corrected chi connectivity index (χ1v) is 7.02. The van der Waals surface area contributed by atoms with E-state index in [-0.39, 0.29) is 17.5 Å². The maximum absolute atomic E-state index is 12.1. The lowest BCUT2D eigenvalue weighted by Crippen LogP contribution is -2.30. The normalized spacial score (nSPS) is 11.4. The van der Waals surface area contributed by atoms with Crippen LogP contribution in [0.15, 0.2) is 24.3 Å². The SMILES string of the molecule is CCC(CC)C(=O)NCc1ccc(NC(=O)C(F)(F)F)cc1. The van der Waals surface area contributed by atoms with Crippen molar-refractivity contribution in [3.63, 3.8) is 0 Å². The molecule has 1 aromatic carbocycles. The van der Waals surface area contributed by atoms with Gasteiger partial charge in [-0.05, 0) is 30.5 Å². The number of anilines is 1. The van der Waals surface area contributed by atoms with Crippen molar-refractivity contribution >= 4 is 17.5 Å². The molecule has 22 heavy (non-hydrogen) atoms. The molecule has 4 nitrogen and oxygen atoms in total. The molecule has 0 aliphatic heterocycles. The molecule has 2 amide bonds. The van der Waals surface area contributed by atoms with Crippen LogP contribution in [-0.4, -0.2) is 18.0 Å². The Morgan fingerprint density at radius 1 is 1.09 bits per heavy atom. The fourth-order valence-corrected chi connectivity index (χ4v) is 1.90. The molecule has 0 radical (unpaired) electrons. The molecule has 0 saturated carbocycles. The molecule has 0 bridgehead atoms. The number of rotatable bonds is 6. The summed E-state index contributed by atoms with van der Waals surface area (Å²) < 4.78 is 36.3. The second-order valence-electron chi connectivity index (χ2n) is 4.88. The summed E-state index contributed by atoms with van der Waals surface area (Å²) in [6.07, 6.45) is -3.41. The fraction of sp³-hybridized carbons (Fsp3) is 0.467. The number of hydrogen-bond donors (Lipinski definition) is 2. The number of amides is 2. The number of alkyl halides is 3. The average molecular weight is 316 g/mol. The number of carbonyl (C=O) groups excluding carboxylic acids is 2. The summed E-state index contributed by atoms with van der Waals surface area (Å²) in [6, 6.07) is 5.84. The van der Waals surface area contributed by atoms with Gasteiger partial charge < -0.3 is 10.6 Å². The lowest BCUT2D eigenvalue weighted by molar-refractivity contribution is -0.167. The van der Waals surface area contributed by atoms with E-state index in [2.05, 4.69) is 5.32 Å². The van der Waals surface area contributed by atoms with Crippen LogP contribution in [0.2, 0.25) is 0 Å². The lowest BCUT2D eigenvalue weighted by Gasteiger charge is -2.13. The van der Waals surface area contributed by atoms with Gasteiger partial charge in [0.1, 0.15) is 0 Å². The zero-order valence-corrected chi connectivity index (χ0v) is 12.5. The van der Waals surface area contributed by atoms with Crippen LogP contribution in [0, 0.1) is 5.92 Å². The van der Waals surface area contributed by atoms with Crippen molar-refractivity contribution in [1.29, 1.82) is 0 Å². The van der Waals surface area contributed by atoms with Crippen molar-refractivity contribution < 1.29 is 22.8 Å². The second kappa shape index (κ2) is 7.82. The van der Waals surface area contributed by atoms with Gasteiger partial charge in [-0.2, -0.15) is 13.2 Å². The molecule has 0 saturated heterocycles. The summed E-state index contributed by atoms with van der Waals surface area (Å²) in [5.74, 6) is -2.09. The van der Waals surface area contributed by atoms with Gasteiger partial charge in [0.15, 0.2) is 0 Å². The van der Waals surface area contributed by atoms with Crippen molar-refractivity contribution in [2.75, 3.05) is 5.32 Å². The van der Waals surface area contributed by atoms with Crippen molar-refractivity contribution in [3.05, 3.63) is 29.8 Å². The molecule has 1 aromatic rings.